The molecule has 2 atom stereocenters. The molecule has 18 heavy (non-hydrogen) atoms. The maximum atomic E-state index is 11.7. The van der Waals surface area contributed by atoms with Gasteiger partial charge in [0.1, 0.15) is 11.5 Å². The summed E-state index contributed by atoms with van der Waals surface area (Å²) in [5.41, 5.74) is 2.14. The van der Waals surface area contributed by atoms with E-state index >= 15 is 0 Å². The van der Waals surface area contributed by atoms with E-state index in [1.807, 2.05) is 25.1 Å². The highest BCUT2D eigenvalue weighted by Crippen LogP contribution is 2.35. The minimum atomic E-state index is 0.0642. The van der Waals surface area contributed by atoms with Crippen molar-refractivity contribution >= 4 is 5.78 Å². The van der Waals surface area contributed by atoms with Gasteiger partial charge in [0, 0.05) is 36.1 Å². The molecule has 96 valence electrons. The third-order valence-corrected chi connectivity index (χ3v) is 3.50. The van der Waals surface area contributed by atoms with Crippen LogP contribution in [0, 0.1) is 0 Å². The Balaban J connectivity index is 1.94. The average Bonchev–Trinajstić information content (AvgIpc) is 2.37. The van der Waals surface area contributed by atoms with Crippen LogP contribution in [0.25, 0.3) is 0 Å². The van der Waals surface area contributed by atoms with Crippen LogP contribution >= 0.6 is 0 Å². The number of ether oxygens (including phenoxy) is 2. The van der Waals surface area contributed by atoms with Crippen LogP contribution in [0.1, 0.15) is 36.9 Å². The molecule has 4 nitrogen and oxygen atoms in total. The molecule has 2 unspecified atom stereocenters. The number of piperidine rings is 1. The lowest BCUT2D eigenvalue weighted by molar-refractivity contribution is -0.121. The van der Waals surface area contributed by atoms with E-state index in [2.05, 4.69) is 5.32 Å². The number of carbonyl (C=O) groups is 1. The van der Waals surface area contributed by atoms with Crippen molar-refractivity contribution in [3.05, 3.63) is 29.3 Å². The van der Waals surface area contributed by atoms with Gasteiger partial charge in [-0.25, -0.2) is 0 Å². The molecule has 2 heterocycles. The molecule has 0 amide bonds. The van der Waals surface area contributed by atoms with Crippen LogP contribution in [0.3, 0.4) is 0 Å². The third kappa shape index (κ3) is 2.13. The zero-order valence-electron chi connectivity index (χ0n) is 10.4. The molecule has 0 bridgehead atoms. The van der Waals surface area contributed by atoms with E-state index in [1.54, 1.807) is 0 Å². The van der Waals surface area contributed by atoms with Crippen molar-refractivity contribution in [1.29, 1.82) is 0 Å². The summed E-state index contributed by atoms with van der Waals surface area (Å²) >= 11 is 0. The SMILES string of the molecule is CC1CC(=O)CC(c2cccc3c2OCOC3)N1. The van der Waals surface area contributed by atoms with E-state index in [9.17, 15) is 4.79 Å². The largest absolute Gasteiger partial charge is 0.467 e. The van der Waals surface area contributed by atoms with Crippen LogP contribution in [0.2, 0.25) is 0 Å². The van der Waals surface area contributed by atoms with E-state index < -0.39 is 0 Å². The fourth-order valence-corrected chi connectivity index (χ4v) is 2.73. The predicted octanol–water partition coefficient (Wildman–Crippen LogP) is 1.94. The van der Waals surface area contributed by atoms with E-state index in [-0.39, 0.29) is 12.1 Å². The quantitative estimate of drug-likeness (QED) is 0.823. The summed E-state index contributed by atoms with van der Waals surface area (Å²) in [6.45, 7) is 2.92. The number of rotatable bonds is 1. The van der Waals surface area contributed by atoms with E-state index in [1.165, 1.54) is 0 Å². The van der Waals surface area contributed by atoms with Gasteiger partial charge in [0.05, 0.1) is 6.61 Å². The normalized spacial score (nSPS) is 27.5. The molecular weight excluding hydrogens is 230 g/mol. The van der Waals surface area contributed by atoms with Gasteiger partial charge in [-0.05, 0) is 6.92 Å². The molecule has 1 aromatic carbocycles. The Bertz CT molecular complexity index is 472. The van der Waals surface area contributed by atoms with Crippen LogP contribution in [0.15, 0.2) is 18.2 Å². The lowest BCUT2D eigenvalue weighted by Gasteiger charge is -2.31. The van der Waals surface area contributed by atoms with Crippen molar-refractivity contribution in [3.63, 3.8) is 0 Å². The van der Waals surface area contributed by atoms with Crippen LogP contribution in [0.5, 0.6) is 5.75 Å². The first kappa shape index (κ1) is 11.7. The van der Waals surface area contributed by atoms with E-state index in [0.717, 1.165) is 16.9 Å². The molecule has 1 fully saturated rings. The molecule has 4 heteroatoms. The minimum absolute atomic E-state index is 0.0642. The first-order chi connectivity index (χ1) is 8.74. The number of hydrogen-bond acceptors (Lipinski definition) is 4. The van der Waals surface area contributed by atoms with Crippen molar-refractivity contribution in [1.82, 2.24) is 5.32 Å². The van der Waals surface area contributed by atoms with Gasteiger partial charge in [-0.1, -0.05) is 18.2 Å². The summed E-state index contributed by atoms with van der Waals surface area (Å²) < 4.78 is 10.9. The number of para-hydroxylation sites is 1. The summed E-state index contributed by atoms with van der Waals surface area (Å²) in [5.74, 6) is 1.21. The van der Waals surface area contributed by atoms with Gasteiger partial charge in [0.25, 0.3) is 0 Å². The topological polar surface area (TPSA) is 47.6 Å². The van der Waals surface area contributed by atoms with Crippen molar-refractivity contribution in [2.24, 2.45) is 0 Å². The highest BCUT2D eigenvalue weighted by Gasteiger charge is 2.28. The Hall–Kier alpha value is -1.39. The Kier molecular flexibility index (Phi) is 3.06. The molecule has 3 rings (SSSR count). The number of Topliss-reactive ketones (excluding diaryl/α,β-unsaturated/α-hetero) is 1. The molecule has 1 saturated heterocycles. The van der Waals surface area contributed by atoms with Crippen LogP contribution in [-0.4, -0.2) is 18.6 Å². The second-order valence-corrected chi connectivity index (χ2v) is 5.01. The smallest absolute Gasteiger partial charge is 0.189 e. The highest BCUT2D eigenvalue weighted by atomic mass is 16.7. The number of carbonyl (C=O) groups excluding carboxylic acids is 1. The summed E-state index contributed by atoms with van der Waals surface area (Å²) in [6, 6.07) is 6.33. The van der Waals surface area contributed by atoms with Crippen molar-refractivity contribution in [2.75, 3.05) is 6.79 Å². The van der Waals surface area contributed by atoms with Gasteiger partial charge in [0.2, 0.25) is 0 Å². The van der Waals surface area contributed by atoms with Gasteiger partial charge in [-0.15, -0.1) is 0 Å². The number of ketones is 1. The molecule has 2 aliphatic heterocycles. The number of hydrogen-bond donors (Lipinski definition) is 1. The Morgan fingerprint density at radius 2 is 2.22 bits per heavy atom. The summed E-state index contributed by atoms with van der Waals surface area (Å²) in [6.07, 6.45) is 1.17. The van der Waals surface area contributed by atoms with Crippen molar-refractivity contribution in [3.8, 4) is 5.75 Å². The first-order valence-electron chi connectivity index (χ1n) is 6.34. The monoisotopic (exact) mass is 247 g/mol. The molecule has 1 aromatic rings. The fourth-order valence-electron chi connectivity index (χ4n) is 2.73. The maximum absolute atomic E-state index is 11.7. The number of fused-ring (bicyclic) bond motifs is 1. The minimum Gasteiger partial charge on any atom is -0.467 e. The molecule has 2 aliphatic rings. The molecule has 0 radical (unpaired) electrons. The first-order valence-corrected chi connectivity index (χ1v) is 6.34. The average molecular weight is 247 g/mol. The number of nitrogens with one attached hydrogen (secondary N) is 1. The van der Waals surface area contributed by atoms with E-state index in [4.69, 9.17) is 9.47 Å². The molecular formula is C14H17NO3. The van der Waals surface area contributed by atoms with Gasteiger partial charge >= 0.3 is 0 Å². The van der Waals surface area contributed by atoms with Crippen LogP contribution in [0.4, 0.5) is 0 Å². The van der Waals surface area contributed by atoms with Gasteiger partial charge in [-0.3, -0.25) is 4.79 Å². The predicted molar refractivity (Wildman–Crippen MR) is 66.3 cm³/mol. The van der Waals surface area contributed by atoms with Gasteiger partial charge < -0.3 is 14.8 Å². The molecule has 0 spiro atoms. The zero-order chi connectivity index (χ0) is 12.5. The Labute approximate surface area is 106 Å². The second-order valence-electron chi connectivity index (χ2n) is 5.01. The van der Waals surface area contributed by atoms with Crippen molar-refractivity contribution < 1.29 is 14.3 Å². The van der Waals surface area contributed by atoms with Crippen LogP contribution < -0.4 is 10.1 Å². The second kappa shape index (κ2) is 4.71. The Morgan fingerprint density at radius 1 is 1.33 bits per heavy atom. The fraction of sp³-hybridized carbons (Fsp3) is 0.500. The molecule has 0 aliphatic carbocycles. The lowest BCUT2D eigenvalue weighted by Crippen LogP contribution is -2.39. The standard InChI is InChI=1S/C14H17NO3/c1-9-5-11(16)6-13(15-9)12-4-2-3-10-7-17-8-18-14(10)12/h2-4,9,13,15H,5-8H2,1H3. The molecule has 0 saturated carbocycles. The lowest BCUT2D eigenvalue weighted by atomic mass is 9.91. The van der Waals surface area contributed by atoms with E-state index in [0.29, 0.717) is 32.0 Å². The maximum Gasteiger partial charge on any atom is 0.189 e. The third-order valence-electron chi connectivity index (χ3n) is 3.50. The summed E-state index contributed by atoms with van der Waals surface area (Å²) in [4.78, 5) is 11.7. The number of benzene rings is 1. The van der Waals surface area contributed by atoms with Crippen LogP contribution in [-0.2, 0) is 16.1 Å². The van der Waals surface area contributed by atoms with Gasteiger partial charge in [0.15, 0.2) is 6.79 Å². The highest BCUT2D eigenvalue weighted by molar-refractivity contribution is 5.81. The summed E-state index contributed by atoms with van der Waals surface area (Å²) in [5, 5.41) is 3.47. The molecule has 0 aromatic heterocycles. The summed E-state index contributed by atoms with van der Waals surface area (Å²) in [7, 11) is 0. The Morgan fingerprint density at radius 3 is 3.06 bits per heavy atom. The van der Waals surface area contributed by atoms with Crippen molar-refractivity contribution in [2.45, 2.75) is 38.5 Å². The zero-order valence-corrected chi connectivity index (χ0v) is 10.4. The molecule has 1 N–H and O–H groups in total. The van der Waals surface area contributed by atoms with Gasteiger partial charge in [-0.2, -0.15) is 0 Å².